The number of ether oxygens (including phenoxy) is 2. The van der Waals surface area contributed by atoms with Crippen LogP contribution in [0.5, 0.6) is 0 Å². The van der Waals surface area contributed by atoms with E-state index in [-0.39, 0.29) is 6.10 Å². The minimum Gasteiger partial charge on any atom is -0.377 e. The standard InChI is InChI=1S/C17H24N4O2/c1-13-10-14(2)21(20-13)15-5-6-17(19-11-15)18-7-9-22-12-16-4-3-8-23-16/h5-6,10-11,16H,3-4,7-9,12H2,1-2H3,(H,18,19)/t16-/m1/s1. The maximum atomic E-state index is 5.62. The number of pyridine rings is 1. The molecule has 1 saturated heterocycles. The molecule has 1 aliphatic rings. The van der Waals surface area contributed by atoms with E-state index in [9.17, 15) is 0 Å². The second-order valence-electron chi connectivity index (χ2n) is 5.88. The number of hydrogen-bond donors (Lipinski definition) is 1. The average Bonchev–Trinajstić information content (AvgIpc) is 3.17. The maximum Gasteiger partial charge on any atom is 0.126 e. The molecule has 0 unspecified atom stereocenters. The third kappa shape index (κ3) is 4.30. The first-order valence-corrected chi connectivity index (χ1v) is 8.15. The smallest absolute Gasteiger partial charge is 0.126 e. The van der Waals surface area contributed by atoms with Crippen molar-refractivity contribution in [2.24, 2.45) is 0 Å². The van der Waals surface area contributed by atoms with E-state index in [2.05, 4.69) is 21.5 Å². The van der Waals surface area contributed by atoms with E-state index in [1.807, 2.05) is 36.9 Å². The molecule has 2 aromatic heterocycles. The van der Waals surface area contributed by atoms with Crippen LogP contribution in [0.15, 0.2) is 24.4 Å². The Hall–Kier alpha value is -1.92. The molecule has 1 fully saturated rings. The molecular formula is C17H24N4O2. The summed E-state index contributed by atoms with van der Waals surface area (Å²) in [4.78, 5) is 4.43. The molecule has 1 N–H and O–H groups in total. The van der Waals surface area contributed by atoms with Crippen molar-refractivity contribution in [3.63, 3.8) is 0 Å². The number of hydrogen-bond acceptors (Lipinski definition) is 5. The van der Waals surface area contributed by atoms with Gasteiger partial charge in [-0.25, -0.2) is 9.67 Å². The first kappa shape index (κ1) is 16.0. The molecule has 0 aromatic carbocycles. The van der Waals surface area contributed by atoms with Gasteiger partial charge in [-0.05, 0) is 44.9 Å². The monoisotopic (exact) mass is 316 g/mol. The van der Waals surface area contributed by atoms with Crippen LogP contribution in [0.2, 0.25) is 0 Å². The Morgan fingerprint density at radius 3 is 2.96 bits per heavy atom. The van der Waals surface area contributed by atoms with Crippen LogP contribution < -0.4 is 5.32 Å². The Morgan fingerprint density at radius 2 is 2.30 bits per heavy atom. The van der Waals surface area contributed by atoms with E-state index in [1.165, 1.54) is 0 Å². The van der Waals surface area contributed by atoms with Crippen molar-refractivity contribution in [3.05, 3.63) is 35.8 Å². The summed E-state index contributed by atoms with van der Waals surface area (Å²) in [7, 11) is 0. The van der Waals surface area contributed by atoms with Crippen molar-refractivity contribution in [2.45, 2.75) is 32.8 Å². The molecule has 0 radical (unpaired) electrons. The Bertz CT molecular complexity index is 618. The number of rotatable bonds is 7. The summed E-state index contributed by atoms with van der Waals surface area (Å²) in [5, 5.41) is 7.72. The second-order valence-corrected chi connectivity index (χ2v) is 5.88. The van der Waals surface area contributed by atoms with Crippen molar-refractivity contribution >= 4 is 5.82 Å². The fourth-order valence-electron chi connectivity index (χ4n) is 2.75. The zero-order valence-electron chi connectivity index (χ0n) is 13.8. The summed E-state index contributed by atoms with van der Waals surface area (Å²) < 4.78 is 13.0. The summed E-state index contributed by atoms with van der Waals surface area (Å²) in [5.74, 6) is 0.844. The highest BCUT2D eigenvalue weighted by Gasteiger charge is 2.14. The number of anilines is 1. The Morgan fingerprint density at radius 1 is 1.39 bits per heavy atom. The van der Waals surface area contributed by atoms with Gasteiger partial charge in [-0.2, -0.15) is 5.10 Å². The van der Waals surface area contributed by atoms with Crippen LogP contribution in [0.1, 0.15) is 24.2 Å². The zero-order chi connectivity index (χ0) is 16.1. The summed E-state index contributed by atoms with van der Waals surface area (Å²) in [6.45, 7) is 6.98. The first-order chi connectivity index (χ1) is 11.2. The van der Waals surface area contributed by atoms with Crippen LogP contribution in [0.25, 0.3) is 5.69 Å². The van der Waals surface area contributed by atoms with Crippen LogP contribution in [-0.4, -0.2) is 47.2 Å². The van der Waals surface area contributed by atoms with Gasteiger partial charge in [-0.15, -0.1) is 0 Å². The Labute approximate surface area is 136 Å². The molecule has 0 aliphatic carbocycles. The van der Waals surface area contributed by atoms with Crippen LogP contribution in [0, 0.1) is 13.8 Å². The molecule has 6 nitrogen and oxygen atoms in total. The highest BCUT2D eigenvalue weighted by atomic mass is 16.5. The number of aryl methyl sites for hydroxylation is 2. The Kier molecular flexibility index (Phi) is 5.25. The van der Waals surface area contributed by atoms with E-state index in [1.54, 1.807) is 0 Å². The van der Waals surface area contributed by atoms with Gasteiger partial charge in [0.1, 0.15) is 5.82 Å². The quantitative estimate of drug-likeness (QED) is 0.795. The van der Waals surface area contributed by atoms with Gasteiger partial charge < -0.3 is 14.8 Å². The molecule has 0 spiro atoms. The van der Waals surface area contributed by atoms with Crippen LogP contribution >= 0.6 is 0 Å². The third-order valence-electron chi connectivity index (χ3n) is 3.88. The van der Waals surface area contributed by atoms with Crippen molar-refractivity contribution in [1.29, 1.82) is 0 Å². The predicted molar refractivity (Wildman–Crippen MR) is 89.1 cm³/mol. The molecule has 1 atom stereocenters. The lowest BCUT2D eigenvalue weighted by molar-refractivity contribution is 0.0206. The van der Waals surface area contributed by atoms with Crippen LogP contribution in [-0.2, 0) is 9.47 Å². The lowest BCUT2D eigenvalue weighted by atomic mass is 10.2. The predicted octanol–water partition coefficient (Wildman–Crippen LogP) is 2.49. The van der Waals surface area contributed by atoms with Gasteiger partial charge in [0.05, 0.1) is 36.9 Å². The van der Waals surface area contributed by atoms with Crippen molar-refractivity contribution in [3.8, 4) is 5.69 Å². The first-order valence-electron chi connectivity index (χ1n) is 8.15. The molecule has 0 saturated carbocycles. The summed E-state index contributed by atoms with van der Waals surface area (Å²) >= 11 is 0. The molecule has 6 heteroatoms. The van der Waals surface area contributed by atoms with E-state index < -0.39 is 0 Å². The van der Waals surface area contributed by atoms with Gasteiger partial charge in [0, 0.05) is 18.8 Å². The van der Waals surface area contributed by atoms with Gasteiger partial charge >= 0.3 is 0 Å². The van der Waals surface area contributed by atoms with Crippen molar-refractivity contribution < 1.29 is 9.47 Å². The SMILES string of the molecule is Cc1cc(C)n(-c2ccc(NCCOC[C@H]3CCCO3)nc2)n1. The number of nitrogens with one attached hydrogen (secondary N) is 1. The van der Waals surface area contributed by atoms with E-state index in [4.69, 9.17) is 9.47 Å². The van der Waals surface area contributed by atoms with E-state index in [0.717, 1.165) is 48.9 Å². The molecular weight excluding hydrogens is 292 g/mol. The Balaban J connectivity index is 1.43. The van der Waals surface area contributed by atoms with Crippen LogP contribution in [0.3, 0.4) is 0 Å². The van der Waals surface area contributed by atoms with Gasteiger partial charge in [0.15, 0.2) is 0 Å². The lowest BCUT2D eigenvalue weighted by Crippen LogP contribution is -2.18. The summed E-state index contributed by atoms with van der Waals surface area (Å²) in [6, 6.07) is 6.03. The average molecular weight is 316 g/mol. The van der Waals surface area contributed by atoms with Crippen molar-refractivity contribution in [2.75, 3.05) is 31.7 Å². The largest absolute Gasteiger partial charge is 0.377 e. The fourth-order valence-corrected chi connectivity index (χ4v) is 2.75. The highest BCUT2D eigenvalue weighted by molar-refractivity contribution is 5.41. The minimum atomic E-state index is 0.285. The summed E-state index contributed by atoms with van der Waals surface area (Å²) in [6.07, 6.45) is 4.38. The molecule has 3 rings (SSSR count). The van der Waals surface area contributed by atoms with Gasteiger partial charge in [-0.3, -0.25) is 0 Å². The molecule has 124 valence electrons. The molecule has 0 bridgehead atoms. The summed E-state index contributed by atoms with van der Waals surface area (Å²) in [5.41, 5.74) is 3.08. The third-order valence-corrected chi connectivity index (χ3v) is 3.88. The second kappa shape index (κ2) is 7.57. The maximum absolute atomic E-state index is 5.62. The molecule has 23 heavy (non-hydrogen) atoms. The van der Waals surface area contributed by atoms with Crippen LogP contribution in [0.4, 0.5) is 5.82 Å². The molecule has 0 amide bonds. The van der Waals surface area contributed by atoms with E-state index >= 15 is 0 Å². The van der Waals surface area contributed by atoms with E-state index in [0.29, 0.717) is 13.2 Å². The fraction of sp³-hybridized carbons (Fsp3) is 0.529. The molecule has 1 aliphatic heterocycles. The highest BCUT2D eigenvalue weighted by Crippen LogP contribution is 2.13. The molecule has 3 heterocycles. The van der Waals surface area contributed by atoms with Gasteiger partial charge in [-0.1, -0.05) is 0 Å². The molecule has 2 aromatic rings. The lowest BCUT2D eigenvalue weighted by Gasteiger charge is -2.11. The minimum absolute atomic E-state index is 0.285. The van der Waals surface area contributed by atoms with Crippen molar-refractivity contribution in [1.82, 2.24) is 14.8 Å². The number of nitrogens with zero attached hydrogens (tertiary/aromatic N) is 3. The topological polar surface area (TPSA) is 61.2 Å². The zero-order valence-corrected chi connectivity index (χ0v) is 13.8. The van der Waals surface area contributed by atoms with Gasteiger partial charge in [0.25, 0.3) is 0 Å². The normalized spacial score (nSPS) is 17.6. The number of aromatic nitrogens is 3. The van der Waals surface area contributed by atoms with Gasteiger partial charge in [0.2, 0.25) is 0 Å².